The molecule has 1 atom stereocenters. The van der Waals surface area contributed by atoms with Crippen LogP contribution in [0.5, 0.6) is 0 Å². The van der Waals surface area contributed by atoms with Gasteiger partial charge in [0.2, 0.25) is 0 Å². The fraction of sp³-hybridized carbons (Fsp3) is 0.308. The van der Waals surface area contributed by atoms with Crippen LogP contribution in [0.2, 0.25) is 0 Å². The highest BCUT2D eigenvalue weighted by molar-refractivity contribution is 7.99. The smallest absolute Gasteiger partial charge is 0.167 e. The Balaban J connectivity index is 1.94. The second kappa shape index (κ2) is 5.21. The van der Waals surface area contributed by atoms with E-state index in [-0.39, 0.29) is 0 Å². The van der Waals surface area contributed by atoms with E-state index in [0.717, 1.165) is 10.9 Å². The molecule has 1 aromatic carbocycles. The van der Waals surface area contributed by atoms with E-state index in [0.29, 0.717) is 5.92 Å². The first-order valence-electron chi connectivity index (χ1n) is 5.42. The molecule has 0 N–H and O–H groups in total. The van der Waals surface area contributed by atoms with Gasteiger partial charge in [0.25, 0.3) is 0 Å². The van der Waals surface area contributed by atoms with Crippen molar-refractivity contribution in [3.63, 3.8) is 0 Å². The molecule has 3 heteroatoms. The summed E-state index contributed by atoms with van der Waals surface area (Å²) in [5.74, 6) is 1.62. The monoisotopic (exact) mass is 232 g/mol. The topological polar surface area (TPSA) is 17.8 Å². The molecule has 84 valence electrons. The average molecular weight is 232 g/mol. The van der Waals surface area contributed by atoms with Gasteiger partial charge in [0.05, 0.1) is 0 Å². The van der Waals surface area contributed by atoms with Crippen molar-refractivity contribution in [3.05, 3.63) is 48.3 Å². The molecule has 0 bridgehead atoms. The lowest BCUT2D eigenvalue weighted by atomic mass is 10.0. The summed E-state index contributed by atoms with van der Waals surface area (Å²) in [6, 6.07) is 10.6. The van der Waals surface area contributed by atoms with E-state index in [9.17, 15) is 0 Å². The standard InChI is InChI=1S/C13H16N2S/c1-11(12-6-4-3-5-7-12)10-16-13-14-8-9-15(13)2/h3-9,11H,10H2,1-2H3. The molecule has 1 aromatic heterocycles. The highest BCUT2D eigenvalue weighted by Gasteiger charge is 2.07. The van der Waals surface area contributed by atoms with Crippen LogP contribution < -0.4 is 0 Å². The predicted molar refractivity (Wildman–Crippen MR) is 68.8 cm³/mol. The molecule has 0 amide bonds. The normalized spacial score (nSPS) is 12.6. The van der Waals surface area contributed by atoms with E-state index in [4.69, 9.17) is 0 Å². The SMILES string of the molecule is CC(CSc1nccn1C)c1ccccc1. The van der Waals surface area contributed by atoms with Crippen molar-refractivity contribution in [1.29, 1.82) is 0 Å². The van der Waals surface area contributed by atoms with Crippen LogP contribution in [0.1, 0.15) is 18.4 Å². The Morgan fingerprint density at radius 3 is 2.69 bits per heavy atom. The molecule has 0 fully saturated rings. The quantitative estimate of drug-likeness (QED) is 0.753. The van der Waals surface area contributed by atoms with E-state index in [2.05, 4.69) is 46.8 Å². The van der Waals surface area contributed by atoms with Gasteiger partial charge in [0.15, 0.2) is 5.16 Å². The number of nitrogens with zero attached hydrogens (tertiary/aromatic N) is 2. The molecule has 16 heavy (non-hydrogen) atoms. The summed E-state index contributed by atoms with van der Waals surface area (Å²) in [7, 11) is 2.03. The second-order valence-corrected chi connectivity index (χ2v) is 4.93. The van der Waals surface area contributed by atoms with Crippen molar-refractivity contribution in [3.8, 4) is 0 Å². The third kappa shape index (κ3) is 2.67. The van der Waals surface area contributed by atoms with Crippen LogP contribution in [-0.4, -0.2) is 15.3 Å². The van der Waals surface area contributed by atoms with Crippen LogP contribution in [0.3, 0.4) is 0 Å². The Morgan fingerprint density at radius 2 is 2.06 bits per heavy atom. The van der Waals surface area contributed by atoms with Crippen molar-refractivity contribution in [2.75, 3.05) is 5.75 Å². The Morgan fingerprint density at radius 1 is 1.31 bits per heavy atom. The van der Waals surface area contributed by atoms with E-state index < -0.39 is 0 Å². The van der Waals surface area contributed by atoms with Crippen LogP contribution in [0.15, 0.2) is 47.9 Å². The number of imidazole rings is 1. The van der Waals surface area contributed by atoms with Crippen LogP contribution in [-0.2, 0) is 7.05 Å². The third-order valence-corrected chi connectivity index (χ3v) is 3.93. The highest BCUT2D eigenvalue weighted by atomic mass is 32.2. The van der Waals surface area contributed by atoms with Gasteiger partial charge in [-0.05, 0) is 11.5 Å². The summed E-state index contributed by atoms with van der Waals surface area (Å²) in [5.41, 5.74) is 1.39. The molecule has 0 aliphatic rings. The highest BCUT2D eigenvalue weighted by Crippen LogP contribution is 2.24. The fourth-order valence-electron chi connectivity index (χ4n) is 1.57. The van der Waals surface area contributed by atoms with Gasteiger partial charge in [-0.15, -0.1) is 0 Å². The van der Waals surface area contributed by atoms with Gasteiger partial charge in [0.1, 0.15) is 0 Å². The molecular weight excluding hydrogens is 216 g/mol. The molecule has 0 aliphatic carbocycles. The van der Waals surface area contributed by atoms with E-state index in [1.807, 2.05) is 31.2 Å². The number of thioether (sulfide) groups is 1. The van der Waals surface area contributed by atoms with Crippen molar-refractivity contribution in [2.45, 2.75) is 18.0 Å². The van der Waals surface area contributed by atoms with Gasteiger partial charge in [-0.1, -0.05) is 49.0 Å². The zero-order valence-corrected chi connectivity index (χ0v) is 10.4. The third-order valence-electron chi connectivity index (χ3n) is 2.61. The molecular formula is C13H16N2S. The maximum Gasteiger partial charge on any atom is 0.167 e. The number of rotatable bonds is 4. The lowest BCUT2D eigenvalue weighted by Crippen LogP contribution is -1.98. The minimum atomic E-state index is 0.558. The molecule has 2 aromatic rings. The van der Waals surface area contributed by atoms with Crippen molar-refractivity contribution in [2.24, 2.45) is 7.05 Å². The lowest BCUT2D eigenvalue weighted by molar-refractivity contribution is 0.784. The summed E-state index contributed by atoms with van der Waals surface area (Å²) in [5, 5.41) is 1.09. The minimum Gasteiger partial charge on any atom is -0.329 e. The molecule has 0 saturated heterocycles. The maximum absolute atomic E-state index is 4.31. The first-order chi connectivity index (χ1) is 7.77. The van der Waals surface area contributed by atoms with Gasteiger partial charge in [-0.25, -0.2) is 4.98 Å². The number of hydrogen-bond acceptors (Lipinski definition) is 2. The van der Waals surface area contributed by atoms with Crippen LogP contribution >= 0.6 is 11.8 Å². The lowest BCUT2D eigenvalue weighted by Gasteiger charge is -2.10. The van der Waals surface area contributed by atoms with Crippen LogP contribution in [0.25, 0.3) is 0 Å². The summed E-state index contributed by atoms with van der Waals surface area (Å²) in [4.78, 5) is 4.31. The van der Waals surface area contributed by atoms with Gasteiger partial charge < -0.3 is 4.57 Å². The average Bonchev–Trinajstić information content (AvgIpc) is 2.73. The predicted octanol–water partition coefficient (Wildman–Crippen LogP) is 3.32. The largest absolute Gasteiger partial charge is 0.329 e. The van der Waals surface area contributed by atoms with Gasteiger partial charge in [-0.3, -0.25) is 0 Å². The Labute approximate surface area is 101 Å². The van der Waals surface area contributed by atoms with Gasteiger partial charge in [-0.2, -0.15) is 0 Å². The van der Waals surface area contributed by atoms with E-state index in [1.165, 1.54) is 5.56 Å². The first kappa shape index (κ1) is 11.3. The Hall–Kier alpha value is -1.22. The van der Waals surface area contributed by atoms with Gasteiger partial charge >= 0.3 is 0 Å². The Kier molecular flexibility index (Phi) is 3.67. The molecule has 0 aliphatic heterocycles. The molecule has 2 nitrogen and oxygen atoms in total. The number of aromatic nitrogens is 2. The number of hydrogen-bond donors (Lipinski definition) is 0. The van der Waals surface area contributed by atoms with Crippen molar-refractivity contribution >= 4 is 11.8 Å². The number of benzene rings is 1. The van der Waals surface area contributed by atoms with E-state index in [1.54, 1.807) is 0 Å². The minimum absolute atomic E-state index is 0.558. The molecule has 1 heterocycles. The summed E-state index contributed by atoms with van der Waals surface area (Å²) >= 11 is 1.81. The Bertz CT molecular complexity index is 436. The van der Waals surface area contributed by atoms with Crippen LogP contribution in [0.4, 0.5) is 0 Å². The maximum atomic E-state index is 4.31. The van der Waals surface area contributed by atoms with E-state index >= 15 is 0 Å². The molecule has 2 rings (SSSR count). The van der Waals surface area contributed by atoms with Gasteiger partial charge in [0, 0.05) is 25.2 Å². The zero-order valence-electron chi connectivity index (χ0n) is 9.63. The molecule has 0 spiro atoms. The fourth-order valence-corrected chi connectivity index (χ4v) is 2.56. The number of aryl methyl sites for hydroxylation is 1. The van der Waals surface area contributed by atoms with Crippen molar-refractivity contribution in [1.82, 2.24) is 9.55 Å². The molecule has 1 unspecified atom stereocenters. The molecule has 0 saturated carbocycles. The van der Waals surface area contributed by atoms with Crippen molar-refractivity contribution < 1.29 is 0 Å². The summed E-state index contributed by atoms with van der Waals surface area (Å²) < 4.78 is 2.06. The zero-order chi connectivity index (χ0) is 11.4. The van der Waals surface area contributed by atoms with Crippen LogP contribution in [0, 0.1) is 0 Å². The summed E-state index contributed by atoms with van der Waals surface area (Å²) in [6.45, 7) is 2.26. The first-order valence-corrected chi connectivity index (χ1v) is 6.41. The second-order valence-electron chi connectivity index (χ2n) is 3.94. The molecule has 0 radical (unpaired) electrons. The summed E-state index contributed by atoms with van der Waals surface area (Å²) in [6.07, 6.45) is 3.82.